The highest BCUT2D eigenvalue weighted by Crippen LogP contribution is 2.48. The third kappa shape index (κ3) is 4.91. The number of carboxylic acids is 1. The molecule has 1 N–H and O–H groups in total. The molecule has 3 aromatic rings. The van der Waals surface area contributed by atoms with Gasteiger partial charge in [0.25, 0.3) is 10.0 Å². The minimum atomic E-state index is -3.84. The van der Waals surface area contributed by atoms with Crippen molar-refractivity contribution in [2.24, 2.45) is 5.41 Å². The number of sulfonamides is 1. The smallest absolute Gasteiger partial charge is 0.341 e. The average molecular weight is 494 g/mol. The van der Waals surface area contributed by atoms with E-state index in [0.717, 1.165) is 16.7 Å². The molecule has 35 heavy (non-hydrogen) atoms. The van der Waals surface area contributed by atoms with Crippen LogP contribution in [0, 0.1) is 19.3 Å². The summed E-state index contributed by atoms with van der Waals surface area (Å²) < 4.78 is 34.3. The Labute approximate surface area is 207 Å². The van der Waals surface area contributed by atoms with Gasteiger partial charge in [-0.15, -0.1) is 0 Å². The number of hydrogen-bond donors (Lipinski definition) is 1. The molecular weight excluding hydrogens is 462 g/mol. The summed E-state index contributed by atoms with van der Waals surface area (Å²) >= 11 is 0. The van der Waals surface area contributed by atoms with Gasteiger partial charge in [-0.3, -0.25) is 4.31 Å². The molecule has 0 bridgehead atoms. The molecule has 1 atom stereocenters. The summed E-state index contributed by atoms with van der Waals surface area (Å²) in [5.74, 6) is -0.714. The van der Waals surface area contributed by atoms with Crippen LogP contribution in [0.2, 0.25) is 0 Å². The van der Waals surface area contributed by atoms with Crippen LogP contribution in [-0.4, -0.2) is 32.6 Å². The molecule has 0 aromatic heterocycles. The molecular formula is C28H31NO5S. The van der Waals surface area contributed by atoms with E-state index in [9.17, 15) is 13.2 Å². The van der Waals surface area contributed by atoms with Crippen molar-refractivity contribution >= 4 is 21.7 Å². The predicted molar refractivity (Wildman–Crippen MR) is 138 cm³/mol. The fraction of sp³-hybridized carbons (Fsp3) is 0.321. The number of nitrogens with zero attached hydrogens (tertiary/aromatic N) is 1. The Hall–Kier alpha value is -3.32. The van der Waals surface area contributed by atoms with E-state index in [1.165, 1.54) is 28.1 Å². The summed E-state index contributed by atoms with van der Waals surface area (Å²) in [6.07, 6.45) is 0. The van der Waals surface area contributed by atoms with E-state index in [-0.39, 0.29) is 16.2 Å². The van der Waals surface area contributed by atoms with Crippen LogP contribution in [0.3, 0.4) is 0 Å². The Morgan fingerprint density at radius 3 is 2.26 bits per heavy atom. The maximum absolute atomic E-state index is 13.8. The summed E-state index contributed by atoms with van der Waals surface area (Å²) in [6, 6.07) is 18.9. The second-order valence-electron chi connectivity index (χ2n) is 10.2. The number of aliphatic carboxylic acids is 1. The Morgan fingerprint density at radius 2 is 1.66 bits per heavy atom. The molecule has 1 unspecified atom stereocenters. The standard InChI is InChI=1S/C28H31NO5S/c1-18-6-8-20(9-7-18)21-10-12-25-23(15-21)24(28(3,4)5)16-29(25)35(32,33)22-11-13-26(19(2)14-22)34-17-27(30)31/h6-15,24H,16-17H2,1-5H3,(H,30,31). The van der Waals surface area contributed by atoms with Crippen molar-refractivity contribution in [3.8, 4) is 16.9 Å². The van der Waals surface area contributed by atoms with Gasteiger partial charge in [0.05, 0.1) is 10.6 Å². The fourth-order valence-electron chi connectivity index (χ4n) is 4.53. The van der Waals surface area contributed by atoms with Gasteiger partial charge in [0.15, 0.2) is 6.61 Å². The van der Waals surface area contributed by atoms with E-state index in [4.69, 9.17) is 9.84 Å². The van der Waals surface area contributed by atoms with E-state index in [1.54, 1.807) is 6.92 Å². The number of aryl methyl sites for hydroxylation is 2. The number of anilines is 1. The molecule has 1 heterocycles. The van der Waals surface area contributed by atoms with Crippen LogP contribution in [0.5, 0.6) is 5.75 Å². The topological polar surface area (TPSA) is 83.9 Å². The molecule has 4 rings (SSSR count). The third-order valence-electron chi connectivity index (χ3n) is 6.54. The molecule has 184 valence electrons. The number of hydrogen-bond acceptors (Lipinski definition) is 4. The Morgan fingerprint density at radius 1 is 1.00 bits per heavy atom. The first-order chi connectivity index (χ1) is 16.4. The second kappa shape index (κ2) is 9.04. The first kappa shape index (κ1) is 24.8. The Balaban J connectivity index is 1.74. The zero-order valence-electron chi connectivity index (χ0n) is 20.7. The fourth-order valence-corrected chi connectivity index (χ4v) is 6.12. The largest absolute Gasteiger partial charge is 0.482 e. The van der Waals surface area contributed by atoms with Gasteiger partial charge in [-0.05, 0) is 71.8 Å². The number of ether oxygens (including phenoxy) is 1. The zero-order valence-corrected chi connectivity index (χ0v) is 21.5. The molecule has 0 amide bonds. The van der Waals surface area contributed by atoms with Gasteiger partial charge in [0, 0.05) is 12.5 Å². The van der Waals surface area contributed by atoms with Crippen molar-refractivity contribution in [1.29, 1.82) is 0 Å². The first-order valence-electron chi connectivity index (χ1n) is 11.6. The van der Waals surface area contributed by atoms with Crippen LogP contribution in [0.4, 0.5) is 5.69 Å². The number of carbonyl (C=O) groups is 1. The number of fused-ring (bicyclic) bond motifs is 1. The van der Waals surface area contributed by atoms with Gasteiger partial charge in [-0.25, -0.2) is 13.2 Å². The third-order valence-corrected chi connectivity index (χ3v) is 8.31. The number of carboxylic acid groups (broad SMARTS) is 1. The second-order valence-corrected chi connectivity index (χ2v) is 12.1. The lowest BCUT2D eigenvalue weighted by atomic mass is 9.77. The van der Waals surface area contributed by atoms with Gasteiger partial charge in [0.1, 0.15) is 5.75 Å². The molecule has 6 nitrogen and oxygen atoms in total. The van der Waals surface area contributed by atoms with Crippen molar-refractivity contribution in [2.45, 2.75) is 45.4 Å². The van der Waals surface area contributed by atoms with Crippen LogP contribution in [0.25, 0.3) is 11.1 Å². The Kier molecular flexibility index (Phi) is 6.40. The van der Waals surface area contributed by atoms with Crippen LogP contribution in [0.15, 0.2) is 65.6 Å². The molecule has 3 aromatic carbocycles. The highest BCUT2D eigenvalue weighted by atomic mass is 32.2. The molecule has 1 aliphatic rings. The molecule has 7 heteroatoms. The maximum Gasteiger partial charge on any atom is 0.341 e. The van der Waals surface area contributed by atoms with Gasteiger partial charge in [-0.1, -0.05) is 56.7 Å². The molecule has 0 fully saturated rings. The van der Waals surface area contributed by atoms with Crippen molar-refractivity contribution < 1.29 is 23.1 Å². The van der Waals surface area contributed by atoms with E-state index < -0.39 is 22.6 Å². The SMILES string of the molecule is Cc1ccc(-c2ccc3c(c2)C(C(C)(C)C)CN3S(=O)(=O)c2ccc(OCC(=O)O)c(C)c2)cc1. The van der Waals surface area contributed by atoms with Crippen LogP contribution in [-0.2, 0) is 14.8 Å². The minimum absolute atomic E-state index is 0.0249. The van der Waals surface area contributed by atoms with E-state index in [0.29, 0.717) is 23.5 Å². The summed E-state index contributed by atoms with van der Waals surface area (Å²) in [7, 11) is -3.84. The average Bonchev–Trinajstić information content (AvgIpc) is 3.19. The first-order valence-corrected chi connectivity index (χ1v) is 13.0. The molecule has 0 radical (unpaired) electrons. The van der Waals surface area contributed by atoms with Crippen molar-refractivity contribution in [3.63, 3.8) is 0 Å². The Bertz CT molecular complexity index is 1370. The molecule has 0 saturated heterocycles. The monoisotopic (exact) mass is 493 g/mol. The lowest BCUT2D eigenvalue weighted by Gasteiger charge is -2.28. The van der Waals surface area contributed by atoms with Crippen LogP contribution in [0.1, 0.15) is 43.4 Å². The number of rotatable bonds is 6. The summed E-state index contributed by atoms with van der Waals surface area (Å²) in [5, 5.41) is 8.85. The highest BCUT2D eigenvalue weighted by molar-refractivity contribution is 7.92. The van der Waals surface area contributed by atoms with Gasteiger partial charge in [-0.2, -0.15) is 0 Å². The highest BCUT2D eigenvalue weighted by Gasteiger charge is 2.41. The molecule has 0 saturated carbocycles. The zero-order chi connectivity index (χ0) is 25.5. The lowest BCUT2D eigenvalue weighted by molar-refractivity contribution is -0.139. The van der Waals surface area contributed by atoms with Gasteiger partial charge >= 0.3 is 5.97 Å². The van der Waals surface area contributed by atoms with Crippen molar-refractivity contribution in [1.82, 2.24) is 0 Å². The molecule has 1 aliphatic heterocycles. The maximum atomic E-state index is 13.8. The quantitative estimate of drug-likeness (QED) is 0.471. The van der Waals surface area contributed by atoms with Crippen LogP contribution >= 0.6 is 0 Å². The summed E-state index contributed by atoms with van der Waals surface area (Å²) in [4.78, 5) is 11.0. The predicted octanol–water partition coefficient (Wildman–Crippen LogP) is 5.77. The number of benzene rings is 3. The van der Waals surface area contributed by atoms with E-state index in [1.807, 2.05) is 12.1 Å². The summed E-state index contributed by atoms with van der Waals surface area (Å²) in [5.41, 5.74) is 5.49. The molecule has 0 aliphatic carbocycles. The van der Waals surface area contributed by atoms with E-state index >= 15 is 0 Å². The molecule has 0 spiro atoms. The van der Waals surface area contributed by atoms with Gasteiger partial charge < -0.3 is 9.84 Å². The van der Waals surface area contributed by atoms with Gasteiger partial charge in [0.2, 0.25) is 0 Å². The lowest BCUT2D eigenvalue weighted by Crippen LogP contribution is -2.32. The van der Waals surface area contributed by atoms with E-state index in [2.05, 4.69) is 58.0 Å². The minimum Gasteiger partial charge on any atom is -0.482 e. The normalized spacial score (nSPS) is 15.7. The van der Waals surface area contributed by atoms with Crippen molar-refractivity contribution in [3.05, 3.63) is 77.4 Å². The van der Waals surface area contributed by atoms with Crippen LogP contribution < -0.4 is 9.04 Å². The summed E-state index contributed by atoms with van der Waals surface area (Å²) in [6.45, 7) is 10.0. The van der Waals surface area contributed by atoms with Crippen molar-refractivity contribution in [2.75, 3.05) is 17.5 Å².